The average Bonchev–Trinajstić information content (AvgIpc) is 3.18. The zero-order valence-electron chi connectivity index (χ0n) is 19.2. The molecule has 8 nitrogen and oxygen atoms in total. The number of rotatable bonds is 9. The summed E-state index contributed by atoms with van der Waals surface area (Å²) in [7, 11) is -3.18. The van der Waals surface area contributed by atoms with Gasteiger partial charge >= 0.3 is 18.1 Å². The van der Waals surface area contributed by atoms with E-state index in [1.807, 2.05) is 0 Å². The van der Waals surface area contributed by atoms with Gasteiger partial charge in [0.15, 0.2) is 17.2 Å². The summed E-state index contributed by atoms with van der Waals surface area (Å²) in [5, 5.41) is 0. The van der Waals surface area contributed by atoms with Gasteiger partial charge in [-0.25, -0.2) is 18.0 Å². The number of methoxy groups -OCH3 is 1. The number of hydrogen-bond acceptors (Lipinski definition) is 8. The van der Waals surface area contributed by atoms with E-state index in [0.29, 0.717) is 21.0 Å². The lowest BCUT2D eigenvalue weighted by molar-refractivity contribution is -0.145. The molecule has 0 saturated heterocycles. The quantitative estimate of drug-likeness (QED) is 0.304. The highest BCUT2D eigenvalue weighted by molar-refractivity contribution is 9.10. The SMILES string of the molecule is CCOC(=O)COc1c(C(=O)OC)sc(-c2cccc(NS(=O)(=O)c3cccc(C(F)(F)F)c3)c2)c1Br. The van der Waals surface area contributed by atoms with Crippen LogP contribution < -0.4 is 9.46 Å². The second-order valence-corrected chi connectivity index (χ2v) is 10.7. The van der Waals surface area contributed by atoms with E-state index in [0.717, 1.165) is 29.5 Å². The number of nitrogens with one attached hydrogen (secondary N) is 1. The number of alkyl halides is 3. The first-order valence-electron chi connectivity index (χ1n) is 10.4. The van der Waals surface area contributed by atoms with Crippen LogP contribution in [-0.4, -0.2) is 40.7 Å². The lowest BCUT2D eigenvalue weighted by Crippen LogP contribution is -2.15. The number of anilines is 1. The zero-order chi connectivity index (χ0) is 27.4. The van der Waals surface area contributed by atoms with Crippen molar-refractivity contribution in [3.8, 4) is 16.2 Å². The number of sulfonamides is 1. The molecule has 0 aliphatic carbocycles. The molecule has 0 unspecified atom stereocenters. The zero-order valence-corrected chi connectivity index (χ0v) is 22.4. The first-order chi connectivity index (χ1) is 17.4. The van der Waals surface area contributed by atoms with E-state index in [9.17, 15) is 31.2 Å². The number of benzene rings is 2. The Balaban J connectivity index is 1.95. The molecule has 0 fully saturated rings. The van der Waals surface area contributed by atoms with Crippen molar-refractivity contribution in [1.29, 1.82) is 0 Å². The molecule has 3 rings (SSSR count). The van der Waals surface area contributed by atoms with Gasteiger partial charge in [0.1, 0.15) is 0 Å². The van der Waals surface area contributed by atoms with Crippen LogP contribution in [0.1, 0.15) is 22.2 Å². The standard InChI is InChI=1S/C23H19BrF3NO7S2/c1-3-34-17(29)12-35-19-18(24)20(36-21(19)22(30)33-2)13-6-4-8-15(10-13)28-37(31,32)16-9-5-7-14(11-16)23(25,26)27/h4-11,28H,3,12H2,1-2H3. The minimum atomic E-state index is -4.71. The van der Waals surface area contributed by atoms with Crippen LogP contribution in [0.2, 0.25) is 0 Å². The summed E-state index contributed by atoms with van der Waals surface area (Å²) in [5.41, 5.74) is -0.599. The number of hydrogen-bond donors (Lipinski definition) is 1. The van der Waals surface area contributed by atoms with Crippen LogP contribution in [0.3, 0.4) is 0 Å². The van der Waals surface area contributed by atoms with Gasteiger partial charge in [0.05, 0.1) is 33.5 Å². The maximum absolute atomic E-state index is 13.0. The summed E-state index contributed by atoms with van der Waals surface area (Å²) in [6, 6.07) is 9.34. The van der Waals surface area contributed by atoms with Crippen molar-refractivity contribution in [3.05, 3.63) is 63.4 Å². The summed E-state index contributed by atoms with van der Waals surface area (Å²) >= 11 is 4.32. The molecular formula is C23H19BrF3NO7S2. The molecule has 14 heteroatoms. The summed E-state index contributed by atoms with van der Waals surface area (Å²) in [6.07, 6.45) is -4.71. The van der Waals surface area contributed by atoms with Crippen molar-refractivity contribution in [2.75, 3.05) is 25.0 Å². The lowest BCUT2D eigenvalue weighted by atomic mass is 10.1. The highest BCUT2D eigenvalue weighted by atomic mass is 79.9. The van der Waals surface area contributed by atoms with E-state index in [2.05, 4.69) is 20.7 Å². The molecule has 1 aromatic heterocycles. The van der Waals surface area contributed by atoms with E-state index >= 15 is 0 Å². The van der Waals surface area contributed by atoms with E-state index < -0.39 is 45.2 Å². The van der Waals surface area contributed by atoms with Gasteiger partial charge in [-0.1, -0.05) is 18.2 Å². The molecule has 0 saturated carbocycles. The Labute approximate surface area is 222 Å². The average molecular weight is 622 g/mol. The molecular weight excluding hydrogens is 603 g/mol. The van der Waals surface area contributed by atoms with Crippen molar-refractivity contribution in [3.63, 3.8) is 0 Å². The smallest absolute Gasteiger partial charge is 0.416 e. The van der Waals surface area contributed by atoms with Crippen LogP contribution in [0, 0.1) is 0 Å². The van der Waals surface area contributed by atoms with Crippen LogP contribution in [0.25, 0.3) is 10.4 Å². The van der Waals surface area contributed by atoms with E-state index in [1.54, 1.807) is 13.0 Å². The topological polar surface area (TPSA) is 108 Å². The first-order valence-corrected chi connectivity index (χ1v) is 13.5. The van der Waals surface area contributed by atoms with Gasteiger partial charge in [0.2, 0.25) is 0 Å². The number of carbonyl (C=O) groups is 2. The minimum absolute atomic E-state index is 0.0369. The Bertz CT molecular complexity index is 1420. The fourth-order valence-electron chi connectivity index (χ4n) is 3.05. The summed E-state index contributed by atoms with van der Waals surface area (Å²) < 4.78 is 82.3. The number of halogens is 4. The van der Waals surface area contributed by atoms with Gasteiger partial charge in [-0.05, 0) is 58.7 Å². The summed E-state index contributed by atoms with van der Waals surface area (Å²) in [4.78, 5) is 24.0. The molecule has 0 bridgehead atoms. The molecule has 1 heterocycles. The van der Waals surface area contributed by atoms with Gasteiger partial charge < -0.3 is 14.2 Å². The molecule has 3 aromatic rings. The number of thiophene rings is 1. The minimum Gasteiger partial charge on any atom is -0.479 e. The normalized spacial score (nSPS) is 11.6. The van der Waals surface area contributed by atoms with Crippen molar-refractivity contribution < 1.29 is 45.4 Å². The van der Waals surface area contributed by atoms with Gasteiger partial charge in [-0.15, -0.1) is 11.3 Å². The van der Waals surface area contributed by atoms with Crippen LogP contribution in [0.15, 0.2) is 57.9 Å². The van der Waals surface area contributed by atoms with Crippen LogP contribution >= 0.6 is 27.3 Å². The predicted octanol–water partition coefficient (Wildman–Crippen LogP) is 5.73. The first kappa shape index (κ1) is 28.5. The van der Waals surface area contributed by atoms with Crippen LogP contribution in [-0.2, 0) is 30.5 Å². The summed E-state index contributed by atoms with van der Waals surface area (Å²) in [6.45, 7) is 1.30. The Morgan fingerprint density at radius 1 is 1.11 bits per heavy atom. The molecule has 0 aliphatic rings. The molecule has 0 aliphatic heterocycles. The highest BCUT2D eigenvalue weighted by Crippen LogP contribution is 2.46. The molecule has 1 N–H and O–H groups in total. The maximum atomic E-state index is 13.0. The van der Waals surface area contributed by atoms with E-state index in [4.69, 9.17) is 14.2 Å². The molecule has 37 heavy (non-hydrogen) atoms. The summed E-state index contributed by atoms with van der Waals surface area (Å²) in [5.74, 6) is -1.34. The molecule has 0 atom stereocenters. The van der Waals surface area contributed by atoms with Gasteiger partial charge in [0, 0.05) is 5.69 Å². The third kappa shape index (κ3) is 6.81. The Morgan fingerprint density at radius 3 is 2.46 bits per heavy atom. The van der Waals surface area contributed by atoms with Crippen molar-refractivity contribution >= 4 is 54.9 Å². The fraction of sp³-hybridized carbons (Fsp3) is 0.217. The largest absolute Gasteiger partial charge is 0.479 e. The molecule has 2 aromatic carbocycles. The molecule has 0 radical (unpaired) electrons. The molecule has 0 amide bonds. The highest BCUT2D eigenvalue weighted by Gasteiger charge is 2.32. The number of carbonyl (C=O) groups excluding carboxylic acids is 2. The third-order valence-electron chi connectivity index (χ3n) is 4.67. The lowest BCUT2D eigenvalue weighted by Gasteiger charge is -2.12. The Kier molecular flexibility index (Phi) is 8.87. The van der Waals surface area contributed by atoms with Gasteiger partial charge in [0.25, 0.3) is 10.0 Å². The number of esters is 2. The van der Waals surface area contributed by atoms with Gasteiger partial charge in [-0.3, -0.25) is 4.72 Å². The monoisotopic (exact) mass is 621 g/mol. The van der Waals surface area contributed by atoms with Crippen LogP contribution in [0.4, 0.5) is 18.9 Å². The third-order valence-corrected chi connectivity index (χ3v) is 8.27. The predicted molar refractivity (Wildman–Crippen MR) is 133 cm³/mol. The second-order valence-electron chi connectivity index (χ2n) is 7.20. The van der Waals surface area contributed by atoms with E-state index in [1.165, 1.54) is 25.3 Å². The fourth-order valence-corrected chi connectivity index (χ4v) is 6.11. The van der Waals surface area contributed by atoms with Crippen LogP contribution in [0.5, 0.6) is 5.75 Å². The molecule has 0 spiro atoms. The Hall–Kier alpha value is -3.10. The second kappa shape index (κ2) is 11.5. The van der Waals surface area contributed by atoms with Gasteiger partial charge in [-0.2, -0.15) is 13.2 Å². The van der Waals surface area contributed by atoms with Crippen molar-refractivity contribution in [1.82, 2.24) is 0 Å². The maximum Gasteiger partial charge on any atom is 0.416 e. The van der Waals surface area contributed by atoms with Crippen molar-refractivity contribution in [2.24, 2.45) is 0 Å². The molecule has 198 valence electrons. The van der Waals surface area contributed by atoms with E-state index in [-0.39, 0.29) is 22.9 Å². The van der Waals surface area contributed by atoms with Crippen molar-refractivity contribution in [2.45, 2.75) is 18.0 Å². The Morgan fingerprint density at radius 2 is 1.81 bits per heavy atom. The number of ether oxygens (including phenoxy) is 3.